The van der Waals surface area contributed by atoms with Crippen molar-refractivity contribution in [1.82, 2.24) is 5.32 Å². The molecule has 130 valence electrons. The van der Waals surface area contributed by atoms with Gasteiger partial charge in [-0.05, 0) is 42.8 Å². The van der Waals surface area contributed by atoms with E-state index in [1.165, 1.54) is 19.2 Å². The third kappa shape index (κ3) is 4.06. The van der Waals surface area contributed by atoms with Crippen LogP contribution in [0.15, 0.2) is 54.6 Å². The van der Waals surface area contributed by atoms with Crippen LogP contribution >= 0.6 is 11.3 Å². The normalized spacial score (nSPS) is 12.2. The molecule has 0 amide bonds. The maximum atomic E-state index is 13.9. The molecular weight excluding hydrogens is 340 g/mol. The first-order valence-electron chi connectivity index (χ1n) is 7.99. The SMILES string of the molecule is COc1ccc([C@H](C)NCc2ccc(-c3ccccc3F)s2)cc1F. The van der Waals surface area contributed by atoms with Gasteiger partial charge in [0.05, 0.1) is 7.11 Å². The minimum atomic E-state index is -0.369. The van der Waals surface area contributed by atoms with Crippen molar-refractivity contribution in [2.75, 3.05) is 7.11 Å². The number of nitrogens with one attached hydrogen (secondary N) is 1. The zero-order valence-corrected chi connectivity index (χ0v) is 14.9. The van der Waals surface area contributed by atoms with Crippen LogP contribution < -0.4 is 10.1 Å². The van der Waals surface area contributed by atoms with E-state index in [4.69, 9.17) is 4.74 Å². The minimum absolute atomic E-state index is 0.0144. The fourth-order valence-corrected chi connectivity index (χ4v) is 3.59. The van der Waals surface area contributed by atoms with Crippen molar-refractivity contribution in [1.29, 1.82) is 0 Å². The first-order valence-corrected chi connectivity index (χ1v) is 8.80. The third-order valence-corrected chi connectivity index (χ3v) is 5.18. The lowest BCUT2D eigenvalue weighted by Crippen LogP contribution is -2.17. The summed E-state index contributed by atoms with van der Waals surface area (Å²) in [5.74, 6) is -0.346. The number of halogens is 2. The van der Waals surface area contributed by atoms with Crippen LogP contribution in [-0.2, 0) is 6.54 Å². The Balaban J connectivity index is 1.66. The maximum Gasteiger partial charge on any atom is 0.165 e. The van der Waals surface area contributed by atoms with E-state index < -0.39 is 0 Å². The summed E-state index contributed by atoms with van der Waals surface area (Å²) in [5.41, 5.74) is 1.47. The molecule has 1 aromatic heterocycles. The highest BCUT2D eigenvalue weighted by Gasteiger charge is 2.11. The van der Waals surface area contributed by atoms with Gasteiger partial charge >= 0.3 is 0 Å². The molecule has 1 heterocycles. The van der Waals surface area contributed by atoms with Gasteiger partial charge in [-0.15, -0.1) is 11.3 Å². The Morgan fingerprint density at radius 2 is 1.84 bits per heavy atom. The van der Waals surface area contributed by atoms with Gasteiger partial charge in [0.2, 0.25) is 0 Å². The fraction of sp³-hybridized carbons (Fsp3) is 0.200. The van der Waals surface area contributed by atoms with E-state index in [9.17, 15) is 8.78 Å². The summed E-state index contributed by atoms with van der Waals surface area (Å²) < 4.78 is 32.6. The van der Waals surface area contributed by atoms with Crippen molar-refractivity contribution in [3.63, 3.8) is 0 Å². The zero-order chi connectivity index (χ0) is 17.8. The van der Waals surface area contributed by atoms with Gasteiger partial charge in [0.15, 0.2) is 11.6 Å². The Labute approximate surface area is 150 Å². The second-order valence-electron chi connectivity index (χ2n) is 5.74. The molecule has 0 fully saturated rings. The summed E-state index contributed by atoms with van der Waals surface area (Å²) in [6.45, 7) is 2.61. The van der Waals surface area contributed by atoms with E-state index in [2.05, 4.69) is 5.32 Å². The Morgan fingerprint density at radius 1 is 1.04 bits per heavy atom. The number of hydrogen-bond acceptors (Lipinski definition) is 3. The van der Waals surface area contributed by atoms with Crippen molar-refractivity contribution < 1.29 is 13.5 Å². The molecule has 2 nitrogen and oxygen atoms in total. The first kappa shape index (κ1) is 17.6. The van der Waals surface area contributed by atoms with Gasteiger partial charge in [0.1, 0.15) is 5.82 Å². The van der Waals surface area contributed by atoms with E-state index in [0.29, 0.717) is 12.1 Å². The predicted molar refractivity (Wildman–Crippen MR) is 97.9 cm³/mol. The van der Waals surface area contributed by atoms with Gasteiger partial charge in [0, 0.05) is 27.9 Å². The smallest absolute Gasteiger partial charge is 0.165 e. The lowest BCUT2D eigenvalue weighted by Gasteiger charge is -2.14. The Morgan fingerprint density at radius 3 is 2.56 bits per heavy atom. The number of methoxy groups -OCH3 is 1. The molecule has 0 bridgehead atoms. The maximum absolute atomic E-state index is 13.9. The highest BCUT2D eigenvalue weighted by molar-refractivity contribution is 7.15. The largest absolute Gasteiger partial charge is 0.494 e. The molecule has 1 N–H and O–H groups in total. The molecule has 0 aliphatic carbocycles. The second kappa shape index (κ2) is 7.76. The average molecular weight is 359 g/mol. The van der Waals surface area contributed by atoms with Crippen LogP contribution in [0.3, 0.4) is 0 Å². The lowest BCUT2D eigenvalue weighted by atomic mass is 10.1. The molecular formula is C20H19F2NOS. The third-order valence-electron chi connectivity index (χ3n) is 4.06. The van der Waals surface area contributed by atoms with E-state index in [1.54, 1.807) is 29.5 Å². The van der Waals surface area contributed by atoms with E-state index >= 15 is 0 Å². The second-order valence-corrected chi connectivity index (χ2v) is 6.91. The Hall–Kier alpha value is -2.24. The summed E-state index contributed by atoms with van der Waals surface area (Å²) in [6, 6.07) is 15.6. The minimum Gasteiger partial charge on any atom is -0.494 e. The number of hydrogen-bond donors (Lipinski definition) is 1. The number of rotatable bonds is 6. The van der Waals surface area contributed by atoms with Crippen LogP contribution in [0, 0.1) is 11.6 Å². The van der Waals surface area contributed by atoms with Gasteiger partial charge in [-0.25, -0.2) is 8.78 Å². The van der Waals surface area contributed by atoms with E-state index in [1.807, 2.05) is 31.2 Å². The van der Waals surface area contributed by atoms with Crippen molar-refractivity contribution in [3.8, 4) is 16.2 Å². The summed E-state index contributed by atoms with van der Waals surface area (Å²) in [7, 11) is 1.45. The molecule has 0 radical (unpaired) electrons. The first-order chi connectivity index (χ1) is 12.1. The lowest BCUT2D eigenvalue weighted by molar-refractivity contribution is 0.385. The molecule has 0 unspecified atom stereocenters. The number of benzene rings is 2. The van der Waals surface area contributed by atoms with Crippen molar-refractivity contribution >= 4 is 11.3 Å². The van der Waals surface area contributed by atoms with Gasteiger partial charge < -0.3 is 10.1 Å². The van der Waals surface area contributed by atoms with Crippen LogP contribution in [-0.4, -0.2) is 7.11 Å². The monoisotopic (exact) mass is 359 g/mol. The van der Waals surface area contributed by atoms with Crippen molar-refractivity contribution in [3.05, 3.63) is 76.7 Å². The molecule has 3 rings (SSSR count). The van der Waals surface area contributed by atoms with E-state index in [0.717, 1.165) is 15.3 Å². The molecule has 0 saturated heterocycles. The molecule has 25 heavy (non-hydrogen) atoms. The molecule has 1 atom stereocenters. The van der Waals surface area contributed by atoms with Crippen LogP contribution in [0.4, 0.5) is 8.78 Å². The highest BCUT2D eigenvalue weighted by atomic mass is 32.1. The standard InChI is InChI=1S/C20H19F2NOS/c1-13(14-7-9-19(24-2)18(22)11-14)23-12-15-8-10-20(25-15)16-5-3-4-6-17(16)21/h3-11,13,23H,12H2,1-2H3/t13-/m0/s1. The molecule has 2 aromatic carbocycles. The van der Waals surface area contributed by atoms with Gasteiger partial charge in [0.25, 0.3) is 0 Å². The van der Waals surface area contributed by atoms with Gasteiger partial charge in [-0.2, -0.15) is 0 Å². The van der Waals surface area contributed by atoms with Crippen LogP contribution in [0.1, 0.15) is 23.4 Å². The summed E-state index contributed by atoms with van der Waals surface area (Å²) in [4.78, 5) is 2.00. The van der Waals surface area contributed by atoms with Crippen molar-refractivity contribution in [2.24, 2.45) is 0 Å². The molecule has 0 aliphatic heterocycles. The summed E-state index contributed by atoms with van der Waals surface area (Å²) in [6.07, 6.45) is 0. The van der Waals surface area contributed by atoms with Gasteiger partial charge in [-0.3, -0.25) is 0 Å². The Kier molecular flexibility index (Phi) is 5.46. The van der Waals surface area contributed by atoms with Crippen LogP contribution in [0.5, 0.6) is 5.75 Å². The molecule has 0 saturated carbocycles. The van der Waals surface area contributed by atoms with E-state index in [-0.39, 0.29) is 23.4 Å². The average Bonchev–Trinajstić information content (AvgIpc) is 3.08. The predicted octanol–water partition coefficient (Wildman–Crippen LogP) is 5.55. The Bertz CT molecular complexity index is 862. The molecule has 5 heteroatoms. The summed E-state index contributed by atoms with van der Waals surface area (Å²) in [5, 5.41) is 3.37. The number of thiophene rings is 1. The summed E-state index contributed by atoms with van der Waals surface area (Å²) >= 11 is 1.55. The van der Waals surface area contributed by atoms with Crippen molar-refractivity contribution in [2.45, 2.75) is 19.5 Å². The zero-order valence-electron chi connectivity index (χ0n) is 14.1. The fourth-order valence-electron chi connectivity index (χ4n) is 2.60. The topological polar surface area (TPSA) is 21.3 Å². The molecule has 0 spiro atoms. The van der Waals surface area contributed by atoms with Gasteiger partial charge in [-0.1, -0.05) is 24.3 Å². The highest BCUT2D eigenvalue weighted by Crippen LogP contribution is 2.30. The molecule has 0 aliphatic rings. The quantitative estimate of drug-likeness (QED) is 0.623. The van der Waals surface area contributed by atoms with Crippen LogP contribution in [0.25, 0.3) is 10.4 Å². The van der Waals surface area contributed by atoms with Crippen LogP contribution in [0.2, 0.25) is 0 Å². The molecule has 3 aromatic rings. The number of ether oxygens (including phenoxy) is 1.